The number of amides is 1. The van der Waals surface area contributed by atoms with Gasteiger partial charge < -0.3 is 24.8 Å². The second kappa shape index (κ2) is 22.6. The molecule has 0 unspecified atom stereocenters. The number of carbonyl (C=O) groups is 2. The Balaban J connectivity index is 2.44. The molecule has 44 heavy (non-hydrogen) atoms. The molecule has 1 rings (SSSR count). The third-order valence-corrected chi connectivity index (χ3v) is 8.02. The van der Waals surface area contributed by atoms with Crippen LogP contribution in [-0.2, 0) is 32.0 Å². The van der Waals surface area contributed by atoms with E-state index in [2.05, 4.69) is 27.9 Å². The van der Waals surface area contributed by atoms with E-state index < -0.39 is 29.3 Å². The first-order valence-corrected chi connectivity index (χ1v) is 17.9. The molecule has 0 fully saturated rings. The zero-order valence-electron chi connectivity index (χ0n) is 29.0. The Bertz CT molecular complexity index is 900. The molecule has 0 aliphatic heterocycles. The lowest BCUT2D eigenvalue weighted by atomic mass is 10.0. The maximum atomic E-state index is 12.5. The van der Waals surface area contributed by atoms with Crippen LogP contribution in [0.5, 0.6) is 0 Å². The van der Waals surface area contributed by atoms with E-state index >= 15 is 0 Å². The fourth-order valence-electron chi connectivity index (χ4n) is 4.51. The van der Waals surface area contributed by atoms with Gasteiger partial charge in [-0.2, -0.15) is 11.8 Å². The standard InChI is InChI=1S/C33H63N5O5S/c1-9-10-11-12-13-14-15-16-17-18-19-20-27-24-38(37-36-27)21-22-44-26-28(35-31(40)43-33(5,6)7)23-34-29(30(39)41-8)25-42-32(2,3)4/h24,28-29,34H,9-23,25-26H2,1-8H3,(H,35,40)/t28-,29+/m1/s1. The Hall–Kier alpha value is -1.85. The lowest BCUT2D eigenvalue weighted by Gasteiger charge is -2.27. The van der Waals surface area contributed by atoms with Crippen molar-refractivity contribution in [3.63, 3.8) is 0 Å². The molecule has 0 spiro atoms. The number of thioether (sulfide) groups is 1. The SMILES string of the molecule is CCCCCCCCCCCCCc1cn(CCSC[C@@H](CN[C@@H](COC(C)(C)C)C(=O)OC)NC(=O)OC(C)(C)C)nn1. The average molecular weight is 642 g/mol. The van der Waals surface area contributed by atoms with E-state index in [0.717, 1.165) is 30.8 Å². The number of aryl methyl sites for hydroxylation is 2. The van der Waals surface area contributed by atoms with Crippen molar-refractivity contribution in [2.24, 2.45) is 0 Å². The quantitative estimate of drug-likeness (QED) is 0.0939. The normalized spacial score (nSPS) is 13.5. The van der Waals surface area contributed by atoms with E-state index in [4.69, 9.17) is 14.2 Å². The van der Waals surface area contributed by atoms with Gasteiger partial charge in [-0.1, -0.05) is 76.3 Å². The van der Waals surface area contributed by atoms with Gasteiger partial charge in [0.2, 0.25) is 0 Å². The Kier molecular flexibility index (Phi) is 20.7. The molecule has 0 aliphatic rings. The highest BCUT2D eigenvalue weighted by atomic mass is 32.2. The molecule has 11 heteroatoms. The summed E-state index contributed by atoms with van der Waals surface area (Å²) in [5.41, 5.74) is 0.0420. The van der Waals surface area contributed by atoms with Crippen molar-refractivity contribution in [3.05, 3.63) is 11.9 Å². The first-order chi connectivity index (χ1) is 20.8. The fourth-order valence-corrected chi connectivity index (χ4v) is 5.48. The lowest BCUT2D eigenvalue weighted by molar-refractivity contribution is -0.146. The Morgan fingerprint density at radius 1 is 0.932 bits per heavy atom. The number of hydrogen-bond donors (Lipinski definition) is 2. The summed E-state index contributed by atoms with van der Waals surface area (Å²) in [4.78, 5) is 24.9. The Morgan fingerprint density at radius 3 is 2.11 bits per heavy atom. The highest BCUT2D eigenvalue weighted by molar-refractivity contribution is 7.99. The number of rotatable bonds is 24. The fraction of sp³-hybridized carbons (Fsp3) is 0.879. The van der Waals surface area contributed by atoms with Crippen LogP contribution in [0.2, 0.25) is 0 Å². The number of methoxy groups -OCH3 is 1. The maximum Gasteiger partial charge on any atom is 0.407 e. The second-order valence-electron chi connectivity index (χ2n) is 13.6. The molecular formula is C33H63N5O5S. The zero-order valence-corrected chi connectivity index (χ0v) is 29.9. The van der Waals surface area contributed by atoms with Crippen LogP contribution in [0.1, 0.15) is 125 Å². The lowest BCUT2D eigenvalue weighted by Crippen LogP contribution is -2.51. The van der Waals surface area contributed by atoms with E-state index in [1.54, 1.807) is 11.8 Å². The smallest absolute Gasteiger partial charge is 0.407 e. The van der Waals surface area contributed by atoms with E-state index in [1.807, 2.05) is 52.4 Å². The summed E-state index contributed by atoms with van der Waals surface area (Å²) in [5, 5.41) is 14.8. The Morgan fingerprint density at radius 2 is 1.55 bits per heavy atom. The van der Waals surface area contributed by atoms with Crippen LogP contribution in [0.3, 0.4) is 0 Å². The van der Waals surface area contributed by atoms with Gasteiger partial charge in [-0.25, -0.2) is 4.79 Å². The molecule has 2 N–H and O–H groups in total. The van der Waals surface area contributed by atoms with Crippen LogP contribution in [0.4, 0.5) is 4.79 Å². The molecule has 256 valence electrons. The summed E-state index contributed by atoms with van der Waals surface area (Å²) in [6.45, 7) is 14.8. The third kappa shape index (κ3) is 21.8. The highest BCUT2D eigenvalue weighted by Gasteiger charge is 2.25. The first kappa shape index (κ1) is 40.2. The monoisotopic (exact) mass is 641 g/mol. The van der Waals surface area contributed by atoms with Crippen LogP contribution in [-0.4, -0.2) is 82.1 Å². The number of unbranched alkanes of at least 4 members (excludes halogenated alkanes) is 10. The number of nitrogens with one attached hydrogen (secondary N) is 2. The van der Waals surface area contributed by atoms with Gasteiger partial charge >= 0.3 is 12.1 Å². The minimum Gasteiger partial charge on any atom is -0.468 e. The Labute approximate surface area is 271 Å². The van der Waals surface area contributed by atoms with Crippen molar-refractivity contribution in [1.82, 2.24) is 25.6 Å². The number of carbonyl (C=O) groups excluding carboxylic acids is 2. The molecule has 2 atom stereocenters. The number of nitrogens with zero attached hydrogens (tertiary/aromatic N) is 3. The van der Waals surface area contributed by atoms with Gasteiger partial charge in [0.25, 0.3) is 0 Å². The van der Waals surface area contributed by atoms with Crippen molar-refractivity contribution in [1.29, 1.82) is 0 Å². The van der Waals surface area contributed by atoms with Crippen molar-refractivity contribution >= 4 is 23.8 Å². The molecule has 0 aliphatic carbocycles. The number of alkyl carbamates (subject to hydrolysis) is 1. The predicted molar refractivity (Wildman–Crippen MR) is 180 cm³/mol. The molecule has 0 bridgehead atoms. The van der Waals surface area contributed by atoms with Crippen molar-refractivity contribution in [2.45, 2.75) is 155 Å². The van der Waals surface area contributed by atoms with E-state index in [-0.39, 0.29) is 12.6 Å². The number of aromatic nitrogens is 3. The average Bonchev–Trinajstić information content (AvgIpc) is 3.39. The summed E-state index contributed by atoms with van der Waals surface area (Å²) in [6.07, 6.45) is 17.2. The first-order valence-electron chi connectivity index (χ1n) is 16.7. The van der Waals surface area contributed by atoms with Gasteiger partial charge in [-0.3, -0.25) is 9.48 Å². The molecule has 1 aromatic heterocycles. The number of hydrogen-bond acceptors (Lipinski definition) is 9. The molecule has 0 radical (unpaired) electrons. The van der Waals surface area contributed by atoms with E-state index in [1.165, 1.54) is 71.3 Å². The van der Waals surface area contributed by atoms with Gasteiger partial charge in [0, 0.05) is 24.2 Å². The molecule has 0 saturated carbocycles. The molecule has 1 amide bonds. The van der Waals surface area contributed by atoms with Gasteiger partial charge in [0.15, 0.2) is 0 Å². The molecule has 10 nitrogen and oxygen atoms in total. The van der Waals surface area contributed by atoms with E-state index in [0.29, 0.717) is 12.3 Å². The molecule has 1 heterocycles. The summed E-state index contributed by atoms with van der Waals surface area (Å²) in [5.74, 6) is 1.02. The van der Waals surface area contributed by atoms with Gasteiger partial charge in [-0.05, 0) is 54.4 Å². The van der Waals surface area contributed by atoms with Gasteiger partial charge in [0.05, 0.1) is 37.6 Å². The van der Waals surface area contributed by atoms with Crippen molar-refractivity contribution in [2.75, 3.05) is 31.8 Å². The van der Waals surface area contributed by atoms with E-state index in [9.17, 15) is 9.59 Å². The largest absolute Gasteiger partial charge is 0.468 e. The minimum absolute atomic E-state index is 0.163. The van der Waals surface area contributed by atoms with Crippen LogP contribution in [0, 0.1) is 0 Å². The van der Waals surface area contributed by atoms with Crippen LogP contribution in [0.25, 0.3) is 0 Å². The molecular weight excluding hydrogens is 578 g/mol. The van der Waals surface area contributed by atoms with Crippen molar-refractivity contribution in [3.8, 4) is 0 Å². The second-order valence-corrected chi connectivity index (χ2v) is 14.7. The number of esters is 1. The summed E-state index contributed by atoms with van der Waals surface area (Å²) >= 11 is 1.70. The highest BCUT2D eigenvalue weighted by Crippen LogP contribution is 2.13. The summed E-state index contributed by atoms with van der Waals surface area (Å²) in [6, 6.07) is -0.926. The van der Waals surface area contributed by atoms with Gasteiger partial charge in [-0.15, -0.1) is 5.10 Å². The molecule has 0 saturated heterocycles. The third-order valence-electron chi connectivity index (χ3n) is 6.91. The van der Waals surface area contributed by atoms with Crippen LogP contribution >= 0.6 is 11.8 Å². The molecule has 1 aromatic rings. The summed E-state index contributed by atoms with van der Waals surface area (Å²) in [7, 11) is 1.36. The predicted octanol–water partition coefficient (Wildman–Crippen LogP) is 6.70. The number of ether oxygens (including phenoxy) is 3. The van der Waals surface area contributed by atoms with Crippen LogP contribution < -0.4 is 10.6 Å². The maximum absolute atomic E-state index is 12.5. The van der Waals surface area contributed by atoms with Crippen LogP contribution in [0.15, 0.2) is 6.20 Å². The summed E-state index contributed by atoms with van der Waals surface area (Å²) < 4.78 is 18.1. The van der Waals surface area contributed by atoms with Gasteiger partial charge in [0.1, 0.15) is 11.6 Å². The minimum atomic E-state index is -0.652. The topological polar surface area (TPSA) is 117 Å². The van der Waals surface area contributed by atoms with Crippen molar-refractivity contribution < 1.29 is 23.8 Å². The molecule has 0 aromatic carbocycles. The zero-order chi connectivity index (χ0) is 32.8.